The van der Waals surface area contributed by atoms with E-state index in [0.717, 1.165) is 41.1 Å². The van der Waals surface area contributed by atoms with Crippen molar-refractivity contribution in [3.8, 4) is 11.4 Å². The van der Waals surface area contributed by atoms with Crippen LogP contribution >= 0.6 is 11.3 Å². The molecule has 2 aromatic heterocycles. The Kier molecular flexibility index (Phi) is 4.88. The maximum Gasteiger partial charge on any atom is 0.162 e. The summed E-state index contributed by atoms with van der Waals surface area (Å²) in [5, 5.41) is 8.78. The molecule has 0 aliphatic carbocycles. The molecule has 0 amide bonds. The van der Waals surface area contributed by atoms with Crippen LogP contribution in [0.3, 0.4) is 0 Å². The third-order valence-corrected chi connectivity index (χ3v) is 4.46. The van der Waals surface area contributed by atoms with Crippen LogP contribution in [-0.4, -0.2) is 41.5 Å². The zero-order valence-electron chi connectivity index (χ0n) is 13.8. The van der Waals surface area contributed by atoms with Gasteiger partial charge in [0.1, 0.15) is 5.82 Å². The molecule has 2 heterocycles. The lowest BCUT2D eigenvalue weighted by atomic mass is 10.2. The number of thiophene rings is 1. The maximum atomic E-state index is 4.78. The number of anilines is 1. The second kappa shape index (κ2) is 7.06. The summed E-state index contributed by atoms with van der Waals surface area (Å²) >= 11 is 1.66. The van der Waals surface area contributed by atoms with Gasteiger partial charge in [-0.2, -0.15) is 11.3 Å². The van der Waals surface area contributed by atoms with E-state index in [0.29, 0.717) is 6.04 Å². The molecule has 0 radical (unpaired) electrons. The van der Waals surface area contributed by atoms with Crippen molar-refractivity contribution in [2.45, 2.75) is 19.4 Å². The Morgan fingerprint density at radius 3 is 2.74 bits per heavy atom. The molecule has 1 aromatic carbocycles. The number of hydrogen-bond donors (Lipinski definition) is 1. The number of hydrogen-bond acceptors (Lipinski definition) is 5. The van der Waals surface area contributed by atoms with E-state index in [1.807, 2.05) is 18.2 Å². The molecule has 0 saturated heterocycles. The number of para-hydroxylation sites is 1. The Hall–Kier alpha value is -1.98. The number of nitrogens with zero attached hydrogens (tertiary/aromatic N) is 3. The molecule has 0 saturated carbocycles. The summed E-state index contributed by atoms with van der Waals surface area (Å²) in [7, 11) is 4.20. The first-order valence-electron chi connectivity index (χ1n) is 7.84. The van der Waals surface area contributed by atoms with Crippen molar-refractivity contribution < 1.29 is 0 Å². The second-order valence-corrected chi connectivity index (χ2v) is 6.84. The van der Waals surface area contributed by atoms with Crippen molar-refractivity contribution >= 4 is 28.1 Å². The average Bonchev–Trinajstić information content (AvgIpc) is 3.07. The van der Waals surface area contributed by atoms with Gasteiger partial charge in [-0.25, -0.2) is 9.97 Å². The van der Waals surface area contributed by atoms with Crippen LogP contribution in [0.4, 0.5) is 5.82 Å². The van der Waals surface area contributed by atoms with Gasteiger partial charge in [0.15, 0.2) is 5.82 Å². The summed E-state index contributed by atoms with van der Waals surface area (Å²) in [5.41, 5.74) is 2.05. The van der Waals surface area contributed by atoms with Gasteiger partial charge < -0.3 is 10.2 Å². The van der Waals surface area contributed by atoms with Gasteiger partial charge in [0, 0.05) is 22.4 Å². The molecule has 120 valence electrons. The Morgan fingerprint density at radius 2 is 2.00 bits per heavy atom. The van der Waals surface area contributed by atoms with Gasteiger partial charge in [0.25, 0.3) is 0 Å². The van der Waals surface area contributed by atoms with E-state index in [9.17, 15) is 0 Å². The van der Waals surface area contributed by atoms with Crippen molar-refractivity contribution in [3.63, 3.8) is 0 Å². The first-order chi connectivity index (χ1) is 11.1. The highest BCUT2D eigenvalue weighted by atomic mass is 32.1. The number of benzene rings is 1. The molecule has 1 N–H and O–H groups in total. The van der Waals surface area contributed by atoms with Crippen LogP contribution in [0.15, 0.2) is 41.1 Å². The molecule has 0 fully saturated rings. The molecule has 3 aromatic rings. The number of fused-ring (bicyclic) bond motifs is 1. The fourth-order valence-corrected chi connectivity index (χ4v) is 3.10. The highest BCUT2D eigenvalue weighted by Crippen LogP contribution is 2.26. The van der Waals surface area contributed by atoms with Gasteiger partial charge in [-0.1, -0.05) is 12.1 Å². The molecule has 4 nitrogen and oxygen atoms in total. The maximum absolute atomic E-state index is 4.78. The third-order valence-electron chi connectivity index (χ3n) is 3.78. The molecule has 0 spiro atoms. The zero-order valence-corrected chi connectivity index (χ0v) is 14.6. The Bertz CT molecular complexity index is 768. The predicted molar refractivity (Wildman–Crippen MR) is 99.1 cm³/mol. The van der Waals surface area contributed by atoms with E-state index < -0.39 is 0 Å². The molecule has 5 heteroatoms. The lowest BCUT2D eigenvalue weighted by Gasteiger charge is -2.18. The van der Waals surface area contributed by atoms with Gasteiger partial charge in [-0.15, -0.1) is 0 Å². The highest BCUT2D eigenvalue weighted by molar-refractivity contribution is 7.08. The Morgan fingerprint density at radius 1 is 1.17 bits per heavy atom. The van der Waals surface area contributed by atoms with Crippen molar-refractivity contribution in [3.05, 3.63) is 41.1 Å². The monoisotopic (exact) mass is 326 g/mol. The van der Waals surface area contributed by atoms with Crippen molar-refractivity contribution in [2.75, 3.05) is 26.0 Å². The molecular weight excluding hydrogens is 304 g/mol. The smallest absolute Gasteiger partial charge is 0.162 e. The molecule has 0 unspecified atom stereocenters. The molecule has 23 heavy (non-hydrogen) atoms. The first kappa shape index (κ1) is 15.9. The van der Waals surface area contributed by atoms with Crippen LogP contribution in [0, 0.1) is 0 Å². The van der Waals surface area contributed by atoms with E-state index in [1.54, 1.807) is 11.3 Å². The lowest BCUT2D eigenvalue weighted by molar-refractivity contribution is 0.390. The van der Waals surface area contributed by atoms with Crippen molar-refractivity contribution in [2.24, 2.45) is 0 Å². The SMILES string of the molecule is C[C@H](CCN(C)C)Nc1nc(-c2ccsc2)nc2ccccc12. The van der Waals surface area contributed by atoms with Gasteiger partial charge in [0.2, 0.25) is 0 Å². The lowest BCUT2D eigenvalue weighted by Crippen LogP contribution is -2.23. The Labute approximate surface area is 141 Å². The van der Waals surface area contributed by atoms with Crippen LogP contribution in [0.25, 0.3) is 22.3 Å². The first-order valence-corrected chi connectivity index (χ1v) is 8.78. The van der Waals surface area contributed by atoms with Gasteiger partial charge >= 0.3 is 0 Å². The Balaban J connectivity index is 1.94. The molecule has 0 aliphatic heterocycles. The number of rotatable bonds is 6. The summed E-state index contributed by atoms with van der Waals surface area (Å²) in [5.74, 6) is 1.70. The highest BCUT2D eigenvalue weighted by Gasteiger charge is 2.11. The minimum Gasteiger partial charge on any atom is -0.367 e. The second-order valence-electron chi connectivity index (χ2n) is 6.06. The van der Waals surface area contributed by atoms with E-state index >= 15 is 0 Å². The molecule has 0 bridgehead atoms. The zero-order chi connectivity index (χ0) is 16.2. The fraction of sp³-hybridized carbons (Fsp3) is 0.333. The van der Waals surface area contributed by atoms with Gasteiger partial charge in [0.05, 0.1) is 5.52 Å². The van der Waals surface area contributed by atoms with Crippen LogP contribution in [0.1, 0.15) is 13.3 Å². The molecule has 0 aliphatic rings. The minimum absolute atomic E-state index is 0.353. The normalized spacial score (nSPS) is 12.7. The molecule has 3 rings (SSSR count). The van der Waals surface area contributed by atoms with Crippen molar-refractivity contribution in [1.29, 1.82) is 0 Å². The molecule has 1 atom stereocenters. The predicted octanol–water partition coefficient (Wildman–Crippen LogP) is 4.11. The van der Waals surface area contributed by atoms with E-state index in [-0.39, 0.29) is 0 Å². The fourth-order valence-electron chi connectivity index (χ4n) is 2.46. The summed E-state index contributed by atoms with van der Waals surface area (Å²) in [6.45, 7) is 3.25. The van der Waals surface area contributed by atoms with Crippen LogP contribution in [-0.2, 0) is 0 Å². The van der Waals surface area contributed by atoms with Crippen LogP contribution in [0.5, 0.6) is 0 Å². The minimum atomic E-state index is 0.353. The summed E-state index contributed by atoms with van der Waals surface area (Å²) in [6.07, 6.45) is 1.07. The topological polar surface area (TPSA) is 41.0 Å². The summed E-state index contributed by atoms with van der Waals surface area (Å²) in [4.78, 5) is 11.7. The van der Waals surface area contributed by atoms with E-state index in [1.165, 1.54) is 0 Å². The van der Waals surface area contributed by atoms with Crippen LogP contribution in [0.2, 0.25) is 0 Å². The molecular formula is C18H22N4S. The summed E-state index contributed by atoms with van der Waals surface area (Å²) in [6, 6.07) is 10.6. The number of nitrogens with one attached hydrogen (secondary N) is 1. The standard InChI is InChI=1S/C18H22N4S/c1-13(8-10-22(2)3)19-18-15-6-4-5-7-16(15)20-17(21-18)14-9-11-23-12-14/h4-7,9,11-13H,8,10H2,1-3H3,(H,19,20,21)/t13-/m1/s1. The summed E-state index contributed by atoms with van der Waals surface area (Å²) < 4.78 is 0. The van der Waals surface area contributed by atoms with E-state index in [4.69, 9.17) is 9.97 Å². The van der Waals surface area contributed by atoms with Gasteiger partial charge in [-0.05, 0) is 57.6 Å². The number of aromatic nitrogens is 2. The van der Waals surface area contributed by atoms with E-state index in [2.05, 4.69) is 54.1 Å². The quantitative estimate of drug-likeness (QED) is 0.740. The average molecular weight is 326 g/mol. The van der Waals surface area contributed by atoms with Crippen LogP contribution < -0.4 is 5.32 Å². The van der Waals surface area contributed by atoms with Gasteiger partial charge in [-0.3, -0.25) is 0 Å². The largest absolute Gasteiger partial charge is 0.367 e. The van der Waals surface area contributed by atoms with Crippen molar-refractivity contribution in [1.82, 2.24) is 14.9 Å². The third kappa shape index (κ3) is 3.86.